The molecule has 1 atom stereocenters. The summed E-state index contributed by atoms with van der Waals surface area (Å²) in [6.07, 6.45) is 2.70. The highest BCUT2D eigenvalue weighted by Crippen LogP contribution is 2.49. The van der Waals surface area contributed by atoms with E-state index >= 15 is 0 Å². The molecule has 1 unspecified atom stereocenters. The maximum absolute atomic E-state index is 5.94. The van der Waals surface area contributed by atoms with Gasteiger partial charge in [-0.05, 0) is 40.8 Å². The first kappa shape index (κ1) is 9.50. The van der Waals surface area contributed by atoms with E-state index in [1.165, 1.54) is 17.7 Å². The fourth-order valence-corrected chi connectivity index (χ4v) is 3.88. The van der Waals surface area contributed by atoms with Gasteiger partial charge >= 0.3 is 0 Å². The lowest BCUT2D eigenvalue weighted by Gasteiger charge is -2.02. The summed E-state index contributed by atoms with van der Waals surface area (Å²) in [7, 11) is 0. The molecule has 4 heteroatoms. The van der Waals surface area contributed by atoms with E-state index < -0.39 is 0 Å². The average Bonchev–Trinajstić information content (AvgIpc) is 2.80. The average molecular weight is 330 g/mol. The second kappa shape index (κ2) is 3.60. The number of thiophene rings is 1. The van der Waals surface area contributed by atoms with Crippen LogP contribution >= 0.6 is 54.8 Å². The van der Waals surface area contributed by atoms with Crippen molar-refractivity contribution in [1.29, 1.82) is 0 Å². The summed E-state index contributed by atoms with van der Waals surface area (Å²) in [5.74, 6) is 0.839. The van der Waals surface area contributed by atoms with Crippen molar-refractivity contribution < 1.29 is 0 Å². The fourth-order valence-electron chi connectivity index (χ4n) is 1.12. The minimum atomic E-state index is 0.520. The topological polar surface area (TPSA) is 0 Å². The summed E-state index contributed by atoms with van der Waals surface area (Å²) >= 11 is 14.8. The van der Waals surface area contributed by atoms with E-state index in [1.54, 1.807) is 11.3 Å². The molecule has 1 aromatic rings. The third-order valence-electron chi connectivity index (χ3n) is 1.97. The third kappa shape index (κ3) is 1.89. The second-order valence-electron chi connectivity index (χ2n) is 3.01. The van der Waals surface area contributed by atoms with Crippen LogP contribution in [0.25, 0.3) is 0 Å². The Morgan fingerprint density at radius 3 is 2.67 bits per heavy atom. The van der Waals surface area contributed by atoms with Gasteiger partial charge in [-0.1, -0.05) is 27.5 Å². The van der Waals surface area contributed by atoms with Crippen LogP contribution in [0.3, 0.4) is 0 Å². The molecule has 0 aliphatic heterocycles. The van der Waals surface area contributed by atoms with E-state index in [0.29, 0.717) is 4.83 Å². The van der Waals surface area contributed by atoms with Gasteiger partial charge in [-0.3, -0.25) is 0 Å². The van der Waals surface area contributed by atoms with Gasteiger partial charge in [0.15, 0.2) is 0 Å². The fraction of sp³-hybridized carbons (Fsp3) is 0.500. The van der Waals surface area contributed by atoms with Gasteiger partial charge in [0.2, 0.25) is 0 Å². The molecule has 0 nitrogen and oxygen atoms in total. The van der Waals surface area contributed by atoms with Crippen LogP contribution in [0.1, 0.15) is 22.5 Å². The van der Waals surface area contributed by atoms with Crippen LogP contribution in [0.4, 0.5) is 0 Å². The quantitative estimate of drug-likeness (QED) is 0.669. The number of hydrogen-bond acceptors (Lipinski definition) is 1. The highest BCUT2D eigenvalue weighted by atomic mass is 79.9. The number of halogens is 3. The molecule has 2 rings (SSSR count). The highest BCUT2D eigenvalue weighted by Gasteiger charge is 2.31. The zero-order valence-corrected chi connectivity index (χ0v) is 10.9. The van der Waals surface area contributed by atoms with Gasteiger partial charge in [0.05, 0.1) is 13.6 Å². The molecule has 0 aromatic carbocycles. The van der Waals surface area contributed by atoms with Crippen molar-refractivity contribution >= 4 is 54.8 Å². The Kier molecular flexibility index (Phi) is 2.85. The van der Waals surface area contributed by atoms with E-state index in [9.17, 15) is 0 Å². The predicted octanol–water partition coefficient (Wildman–Crippen LogP) is 5.01. The maximum atomic E-state index is 5.94. The molecule has 1 aliphatic carbocycles. The Labute approximate surface area is 97.6 Å². The SMILES string of the molecule is Clc1cc(C(Br)C2CC2)sc1Br. The van der Waals surface area contributed by atoms with Gasteiger partial charge in [0.1, 0.15) is 0 Å². The molecule has 0 bridgehead atoms. The minimum Gasteiger partial charge on any atom is -0.130 e. The summed E-state index contributed by atoms with van der Waals surface area (Å²) in [4.78, 5) is 1.86. The molecule has 0 N–H and O–H groups in total. The third-order valence-corrected chi connectivity index (χ3v) is 6.07. The molecule has 0 radical (unpaired) electrons. The van der Waals surface area contributed by atoms with Crippen molar-refractivity contribution in [1.82, 2.24) is 0 Å². The Balaban J connectivity index is 2.21. The number of hydrogen-bond donors (Lipinski definition) is 0. The molecule has 1 saturated carbocycles. The lowest BCUT2D eigenvalue weighted by atomic mass is 10.2. The predicted molar refractivity (Wildman–Crippen MR) is 61.4 cm³/mol. The molecule has 12 heavy (non-hydrogen) atoms. The second-order valence-corrected chi connectivity index (χ2v) is 6.80. The van der Waals surface area contributed by atoms with Crippen LogP contribution in [0.15, 0.2) is 9.85 Å². The van der Waals surface area contributed by atoms with Gasteiger partial charge in [-0.15, -0.1) is 11.3 Å². The number of alkyl halides is 1. The van der Waals surface area contributed by atoms with Gasteiger partial charge in [0.25, 0.3) is 0 Å². The van der Waals surface area contributed by atoms with Crippen LogP contribution in [0.2, 0.25) is 5.02 Å². The first-order valence-electron chi connectivity index (χ1n) is 3.77. The molecule has 66 valence electrons. The zero-order chi connectivity index (χ0) is 8.72. The largest absolute Gasteiger partial charge is 0.130 e. The molecule has 1 aromatic heterocycles. The Morgan fingerprint density at radius 2 is 2.25 bits per heavy atom. The molecule has 0 amide bonds. The molecule has 0 saturated heterocycles. The smallest absolute Gasteiger partial charge is 0.0887 e. The monoisotopic (exact) mass is 328 g/mol. The highest BCUT2D eigenvalue weighted by molar-refractivity contribution is 9.11. The van der Waals surface area contributed by atoms with Gasteiger partial charge in [-0.2, -0.15) is 0 Å². The van der Waals surface area contributed by atoms with Crippen LogP contribution in [-0.2, 0) is 0 Å². The summed E-state index contributed by atoms with van der Waals surface area (Å²) in [6.45, 7) is 0. The van der Waals surface area contributed by atoms with E-state index in [-0.39, 0.29) is 0 Å². The van der Waals surface area contributed by atoms with Crippen LogP contribution in [-0.4, -0.2) is 0 Å². The minimum absolute atomic E-state index is 0.520. The Hall–Kier alpha value is 0.950. The van der Waals surface area contributed by atoms with Crippen molar-refractivity contribution in [2.45, 2.75) is 17.7 Å². The lowest BCUT2D eigenvalue weighted by Crippen LogP contribution is -1.86. The van der Waals surface area contributed by atoms with Crippen molar-refractivity contribution in [2.24, 2.45) is 5.92 Å². The van der Waals surface area contributed by atoms with Gasteiger partial charge in [-0.25, -0.2) is 0 Å². The van der Waals surface area contributed by atoms with E-state index in [0.717, 1.165) is 14.7 Å². The van der Waals surface area contributed by atoms with E-state index in [1.807, 2.05) is 6.07 Å². The van der Waals surface area contributed by atoms with Crippen molar-refractivity contribution in [3.63, 3.8) is 0 Å². The standard InChI is InChI=1S/C8H7Br2ClS/c9-7(4-1-2-4)6-3-5(11)8(10)12-6/h3-4,7H,1-2H2. The molecule has 1 heterocycles. The molecular weight excluding hydrogens is 323 g/mol. The number of rotatable bonds is 2. The van der Waals surface area contributed by atoms with Crippen molar-refractivity contribution in [3.05, 3.63) is 19.8 Å². The molecule has 0 spiro atoms. The Bertz CT molecular complexity index is 274. The van der Waals surface area contributed by atoms with Crippen LogP contribution in [0, 0.1) is 5.92 Å². The molecule has 1 aliphatic rings. The Morgan fingerprint density at radius 1 is 1.58 bits per heavy atom. The summed E-state index contributed by atoms with van der Waals surface area (Å²) in [6, 6.07) is 2.05. The zero-order valence-electron chi connectivity index (χ0n) is 6.19. The van der Waals surface area contributed by atoms with E-state index in [2.05, 4.69) is 31.9 Å². The van der Waals surface area contributed by atoms with Gasteiger partial charge < -0.3 is 0 Å². The van der Waals surface area contributed by atoms with Gasteiger partial charge in [0, 0.05) is 4.88 Å². The van der Waals surface area contributed by atoms with E-state index in [4.69, 9.17) is 11.6 Å². The lowest BCUT2D eigenvalue weighted by molar-refractivity contribution is 0.837. The molecule has 1 fully saturated rings. The van der Waals surface area contributed by atoms with Crippen molar-refractivity contribution in [3.8, 4) is 0 Å². The maximum Gasteiger partial charge on any atom is 0.0887 e. The summed E-state index contributed by atoms with van der Waals surface area (Å²) < 4.78 is 1.05. The van der Waals surface area contributed by atoms with Crippen LogP contribution < -0.4 is 0 Å². The summed E-state index contributed by atoms with van der Waals surface area (Å²) in [5.41, 5.74) is 0. The molecular formula is C8H7Br2ClS. The van der Waals surface area contributed by atoms with Crippen molar-refractivity contribution in [2.75, 3.05) is 0 Å². The first-order valence-corrected chi connectivity index (χ1v) is 6.67. The normalized spacial score (nSPS) is 19.6. The van der Waals surface area contributed by atoms with Crippen LogP contribution in [0.5, 0.6) is 0 Å². The summed E-state index contributed by atoms with van der Waals surface area (Å²) in [5, 5.41) is 0.833. The first-order chi connectivity index (χ1) is 5.68.